The number of ether oxygens (including phenoxy) is 1. The van der Waals surface area contributed by atoms with E-state index in [1.807, 2.05) is 0 Å². The Balaban J connectivity index is 1.55. The summed E-state index contributed by atoms with van der Waals surface area (Å²) in [5.74, 6) is -0.323. The van der Waals surface area contributed by atoms with Gasteiger partial charge in [0.15, 0.2) is 0 Å². The average Bonchev–Trinajstić information content (AvgIpc) is 3.47. The van der Waals surface area contributed by atoms with E-state index in [0.717, 1.165) is 13.1 Å². The zero-order chi connectivity index (χ0) is 25.2. The summed E-state index contributed by atoms with van der Waals surface area (Å²) in [7, 11) is 0. The number of carboxylic acids is 1. The molecule has 0 saturated carbocycles. The molecule has 1 atom stereocenters. The first-order valence-electron chi connectivity index (χ1n) is 11.1. The van der Waals surface area contributed by atoms with Gasteiger partial charge in [-0.3, -0.25) is 14.5 Å². The van der Waals surface area contributed by atoms with Gasteiger partial charge in [-0.15, -0.1) is 16.4 Å². The van der Waals surface area contributed by atoms with Gasteiger partial charge in [-0.25, -0.2) is 14.6 Å². The maximum Gasteiger partial charge on any atom is 0.311 e. The molecule has 4 rings (SSSR count). The molecular weight excluding hydrogens is 472 g/mol. The minimum absolute atomic E-state index is 0.298. The van der Waals surface area contributed by atoms with Gasteiger partial charge in [0.05, 0.1) is 47.9 Å². The summed E-state index contributed by atoms with van der Waals surface area (Å²) in [6, 6.07) is 2.92. The van der Waals surface area contributed by atoms with E-state index in [1.54, 1.807) is 45.3 Å². The van der Waals surface area contributed by atoms with Gasteiger partial charge in [0.1, 0.15) is 22.3 Å². The summed E-state index contributed by atoms with van der Waals surface area (Å²) >= 11 is 1.28. The van der Waals surface area contributed by atoms with Gasteiger partial charge in [-0.05, 0) is 32.9 Å². The van der Waals surface area contributed by atoms with E-state index in [0.29, 0.717) is 52.5 Å². The summed E-state index contributed by atoms with van der Waals surface area (Å²) in [6.45, 7) is 8.67. The number of carbonyl (C=O) groups is 2. The van der Waals surface area contributed by atoms with Gasteiger partial charge >= 0.3 is 5.97 Å². The van der Waals surface area contributed by atoms with Gasteiger partial charge in [0, 0.05) is 19.3 Å². The van der Waals surface area contributed by atoms with Crippen LogP contribution in [0.2, 0.25) is 0 Å². The van der Waals surface area contributed by atoms with Crippen molar-refractivity contribution in [3.05, 3.63) is 35.9 Å². The van der Waals surface area contributed by atoms with E-state index in [-0.39, 0.29) is 0 Å². The summed E-state index contributed by atoms with van der Waals surface area (Å²) < 4.78 is 6.90. The van der Waals surface area contributed by atoms with Crippen LogP contribution in [0.25, 0.3) is 10.6 Å². The molecule has 0 aliphatic carbocycles. The fourth-order valence-electron chi connectivity index (χ4n) is 3.50. The molecule has 0 aromatic carbocycles. The van der Waals surface area contributed by atoms with Crippen molar-refractivity contribution in [1.29, 1.82) is 0 Å². The number of thiophene rings is 1. The molecule has 12 nitrogen and oxygen atoms in total. The summed E-state index contributed by atoms with van der Waals surface area (Å²) in [5.41, 5.74) is 5.39. The first-order chi connectivity index (χ1) is 16.6. The summed E-state index contributed by atoms with van der Waals surface area (Å²) in [5, 5.41) is 21.5. The van der Waals surface area contributed by atoms with Gasteiger partial charge in [0.25, 0.3) is 5.91 Å². The Hall–Kier alpha value is -3.42. The highest BCUT2D eigenvalue weighted by molar-refractivity contribution is 7.19. The molecule has 13 heteroatoms. The lowest BCUT2D eigenvalue weighted by molar-refractivity contribution is -0.149. The third-order valence-electron chi connectivity index (χ3n) is 6.17. The fraction of sp³-hybridized carbons (Fsp3) is 0.455. The Labute approximate surface area is 206 Å². The van der Waals surface area contributed by atoms with E-state index < -0.39 is 23.3 Å². The maximum atomic E-state index is 12.1. The van der Waals surface area contributed by atoms with Crippen LogP contribution in [-0.4, -0.2) is 73.1 Å². The third-order valence-corrected chi connectivity index (χ3v) is 7.24. The molecule has 3 aromatic heterocycles. The maximum absolute atomic E-state index is 12.1. The van der Waals surface area contributed by atoms with Crippen LogP contribution in [0.4, 0.5) is 10.8 Å². The molecule has 0 bridgehead atoms. The lowest BCUT2D eigenvalue weighted by atomic mass is 9.86. The Bertz CT molecular complexity index is 1220. The first kappa shape index (κ1) is 24.7. The Morgan fingerprint density at radius 1 is 1.34 bits per heavy atom. The van der Waals surface area contributed by atoms with Gasteiger partial charge in [-0.1, -0.05) is 5.21 Å². The number of aliphatic carboxylic acids is 1. The highest BCUT2D eigenvalue weighted by atomic mass is 32.1. The number of rotatable bonds is 9. The zero-order valence-corrected chi connectivity index (χ0v) is 20.6. The van der Waals surface area contributed by atoms with E-state index >= 15 is 0 Å². The number of nitrogens with two attached hydrogens (primary N) is 1. The van der Waals surface area contributed by atoms with Crippen LogP contribution < -0.4 is 11.1 Å². The standard InChI is InChI=1S/C22H28N8O4S/c1-13(22(2,3)21(32)33)30-11-15(27-28-30)16-10-14(19(23)31)20(35-16)26-17-4-5-24-18(25-17)12-29-6-8-34-9-7-29/h4-5,10-11,13H,6-9,12H2,1-3H3,(H2,23,31)(H,32,33)(H,24,25,26). The van der Waals surface area contributed by atoms with Crippen LogP contribution in [0.5, 0.6) is 0 Å². The molecule has 35 heavy (non-hydrogen) atoms. The van der Waals surface area contributed by atoms with Crippen LogP contribution in [0.15, 0.2) is 24.5 Å². The topological polar surface area (TPSA) is 161 Å². The van der Waals surface area contributed by atoms with E-state index in [2.05, 4.69) is 30.5 Å². The quantitative estimate of drug-likeness (QED) is 0.397. The average molecular weight is 501 g/mol. The number of nitrogens with zero attached hydrogens (tertiary/aromatic N) is 6. The van der Waals surface area contributed by atoms with Crippen molar-refractivity contribution in [2.24, 2.45) is 11.1 Å². The molecule has 4 heterocycles. The first-order valence-corrected chi connectivity index (χ1v) is 11.9. The molecule has 1 saturated heterocycles. The van der Waals surface area contributed by atoms with Crippen LogP contribution in [0.3, 0.4) is 0 Å². The molecular formula is C22H28N8O4S. The van der Waals surface area contributed by atoms with Crippen molar-refractivity contribution < 1.29 is 19.4 Å². The smallest absolute Gasteiger partial charge is 0.311 e. The fourth-order valence-corrected chi connectivity index (χ4v) is 4.52. The normalized spacial score (nSPS) is 15.6. The second kappa shape index (κ2) is 10.1. The molecule has 1 unspecified atom stereocenters. The van der Waals surface area contributed by atoms with Crippen LogP contribution in [0.1, 0.15) is 43.0 Å². The molecule has 1 fully saturated rings. The zero-order valence-electron chi connectivity index (χ0n) is 19.8. The number of morpholine rings is 1. The molecule has 1 amide bonds. The van der Waals surface area contributed by atoms with E-state index in [9.17, 15) is 14.7 Å². The second-order valence-electron chi connectivity index (χ2n) is 8.88. The number of hydrogen-bond donors (Lipinski definition) is 3. The van der Waals surface area contributed by atoms with Crippen molar-refractivity contribution in [1.82, 2.24) is 29.9 Å². The SMILES string of the molecule is CC(n1cc(-c2cc(C(N)=O)c(Nc3ccnc(CN4CCOCC4)n3)s2)nn1)C(C)(C)C(=O)O. The second-order valence-corrected chi connectivity index (χ2v) is 9.93. The van der Waals surface area contributed by atoms with Crippen LogP contribution in [-0.2, 0) is 16.1 Å². The largest absolute Gasteiger partial charge is 0.481 e. The molecule has 186 valence electrons. The number of amides is 1. The van der Waals surface area contributed by atoms with Crippen LogP contribution in [0, 0.1) is 5.41 Å². The highest BCUT2D eigenvalue weighted by Gasteiger charge is 2.36. The number of anilines is 2. The van der Waals surface area contributed by atoms with Crippen molar-refractivity contribution in [3.8, 4) is 10.6 Å². The molecule has 0 radical (unpaired) electrons. The number of carbonyl (C=O) groups excluding carboxylic acids is 1. The predicted octanol–water partition coefficient (Wildman–Crippen LogP) is 2.14. The lowest BCUT2D eigenvalue weighted by Gasteiger charge is -2.26. The summed E-state index contributed by atoms with van der Waals surface area (Å²) in [6.07, 6.45) is 3.33. The molecule has 0 spiro atoms. The number of nitrogens with one attached hydrogen (secondary N) is 1. The minimum atomic E-state index is -1.04. The van der Waals surface area contributed by atoms with Crippen molar-refractivity contribution >= 4 is 34.0 Å². The van der Waals surface area contributed by atoms with E-state index in [4.69, 9.17) is 10.5 Å². The molecule has 1 aliphatic heterocycles. The molecule has 4 N–H and O–H groups in total. The highest BCUT2D eigenvalue weighted by Crippen LogP contribution is 2.37. The molecule has 1 aliphatic rings. The van der Waals surface area contributed by atoms with Gasteiger partial charge in [0.2, 0.25) is 0 Å². The van der Waals surface area contributed by atoms with Gasteiger partial charge < -0.3 is 20.9 Å². The number of aromatic nitrogens is 5. The Morgan fingerprint density at radius 2 is 2.09 bits per heavy atom. The number of hydrogen-bond acceptors (Lipinski definition) is 10. The van der Waals surface area contributed by atoms with Crippen molar-refractivity contribution in [3.63, 3.8) is 0 Å². The number of carboxylic acid groups (broad SMARTS) is 1. The number of primary amides is 1. The monoisotopic (exact) mass is 500 g/mol. The van der Waals surface area contributed by atoms with Crippen molar-refractivity contribution in [2.45, 2.75) is 33.4 Å². The van der Waals surface area contributed by atoms with Crippen LogP contribution >= 0.6 is 11.3 Å². The van der Waals surface area contributed by atoms with Crippen molar-refractivity contribution in [2.75, 3.05) is 31.6 Å². The van der Waals surface area contributed by atoms with E-state index in [1.165, 1.54) is 16.0 Å². The third kappa shape index (κ3) is 5.47. The minimum Gasteiger partial charge on any atom is -0.481 e. The Kier molecular flexibility index (Phi) is 7.10. The Morgan fingerprint density at radius 3 is 2.77 bits per heavy atom. The lowest BCUT2D eigenvalue weighted by Crippen LogP contribution is -2.36. The molecule has 3 aromatic rings. The summed E-state index contributed by atoms with van der Waals surface area (Å²) in [4.78, 5) is 35.6. The van der Waals surface area contributed by atoms with Gasteiger partial charge in [-0.2, -0.15) is 0 Å². The predicted molar refractivity (Wildman–Crippen MR) is 129 cm³/mol.